The predicted octanol–water partition coefficient (Wildman–Crippen LogP) is -0.00220. The molecule has 2 heterocycles. The number of rotatable bonds is 3. The van der Waals surface area contributed by atoms with Gasteiger partial charge in [-0.1, -0.05) is 0 Å². The average Bonchev–Trinajstić information content (AvgIpc) is 2.86. The highest BCUT2D eigenvalue weighted by Crippen LogP contribution is 2.02. The number of amides is 2. The van der Waals surface area contributed by atoms with Gasteiger partial charge in [0, 0.05) is 19.0 Å². The summed E-state index contributed by atoms with van der Waals surface area (Å²) in [6.07, 6.45) is 4.26. The smallest absolute Gasteiger partial charge is 0.315 e. The Hall–Kier alpha value is -1.56. The van der Waals surface area contributed by atoms with Crippen LogP contribution in [0.25, 0.3) is 0 Å². The van der Waals surface area contributed by atoms with Gasteiger partial charge in [0.1, 0.15) is 5.82 Å². The monoisotopic (exact) mass is 210 g/mol. The van der Waals surface area contributed by atoms with Crippen LogP contribution in [0.2, 0.25) is 0 Å². The SMILES string of the molecule is O=C(NCc1ncc[nH]1)NC1CCOC1. The molecule has 1 saturated heterocycles. The van der Waals surface area contributed by atoms with Gasteiger partial charge in [-0.05, 0) is 6.42 Å². The fraction of sp³-hybridized carbons (Fsp3) is 0.556. The topological polar surface area (TPSA) is 79.0 Å². The van der Waals surface area contributed by atoms with Crippen molar-refractivity contribution < 1.29 is 9.53 Å². The van der Waals surface area contributed by atoms with Crippen molar-refractivity contribution in [2.24, 2.45) is 0 Å². The van der Waals surface area contributed by atoms with E-state index in [1.807, 2.05) is 0 Å². The number of nitrogens with zero attached hydrogens (tertiary/aromatic N) is 1. The van der Waals surface area contributed by atoms with E-state index in [1.165, 1.54) is 0 Å². The van der Waals surface area contributed by atoms with Crippen molar-refractivity contribution in [3.05, 3.63) is 18.2 Å². The van der Waals surface area contributed by atoms with Gasteiger partial charge in [0.05, 0.1) is 19.2 Å². The highest BCUT2D eigenvalue weighted by molar-refractivity contribution is 5.74. The van der Waals surface area contributed by atoms with Crippen LogP contribution in [0.1, 0.15) is 12.2 Å². The molecule has 1 atom stereocenters. The van der Waals surface area contributed by atoms with E-state index in [9.17, 15) is 4.79 Å². The first-order valence-electron chi connectivity index (χ1n) is 4.95. The Labute approximate surface area is 87.4 Å². The van der Waals surface area contributed by atoms with Gasteiger partial charge in [-0.25, -0.2) is 9.78 Å². The van der Waals surface area contributed by atoms with Gasteiger partial charge in [-0.3, -0.25) is 0 Å². The first kappa shape index (κ1) is 9.97. The van der Waals surface area contributed by atoms with E-state index in [0.717, 1.165) is 18.9 Å². The number of aromatic nitrogens is 2. The predicted molar refractivity (Wildman–Crippen MR) is 53.2 cm³/mol. The number of hydrogen-bond acceptors (Lipinski definition) is 3. The summed E-state index contributed by atoms with van der Waals surface area (Å²) in [5.74, 6) is 0.743. The third-order valence-electron chi connectivity index (χ3n) is 2.24. The van der Waals surface area contributed by atoms with Crippen molar-refractivity contribution in [2.45, 2.75) is 19.0 Å². The Bertz CT molecular complexity index is 306. The molecule has 3 N–H and O–H groups in total. The molecule has 0 aliphatic carbocycles. The van der Waals surface area contributed by atoms with Crippen molar-refractivity contribution in [3.8, 4) is 0 Å². The Morgan fingerprint density at radius 3 is 3.33 bits per heavy atom. The minimum absolute atomic E-state index is 0.140. The Kier molecular flexibility index (Phi) is 3.18. The van der Waals surface area contributed by atoms with Crippen LogP contribution in [0, 0.1) is 0 Å². The molecule has 2 rings (SSSR count). The molecule has 1 aliphatic heterocycles. The van der Waals surface area contributed by atoms with Gasteiger partial charge in [0.15, 0.2) is 0 Å². The number of imidazole rings is 1. The fourth-order valence-electron chi connectivity index (χ4n) is 1.44. The molecule has 1 fully saturated rings. The maximum atomic E-state index is 11.4. The van der Waals surface area contributed by atoms with E-state index in [4.69, 9.17) is 4.74 Å². The molecule has 82 valence electrons. The maximum Gasteiger partial charge on any atom is 0.315 e. The first-order chi connectivity index (χ1) is 7.34. The molecule has 0 spiro atoms. The number of nitrogens with one attached hydrogen (secondary N) is 3. The summed E-state index contributed by atoms with van der Waals surface area (Å²) in [6.45, 7) is 1.74. The Balaban J connectivity index is 1.68. The molecule has 2 amide bonds. The fourth-order valence-corrected chi connectivity index (χ4v) is 1.44. The lowest BCUT2D eigenvalue weighted by molar-refractivity contribution is 0.188. The number of aromatic amines is 1. The second-order valence-electron chi connectivity index (χ2n) is 3.42. The quantitative estimate of drug-likeness (QED) is 0.657. The van der Waals surface area contributed by atoms with Crippen LogP contribution >= 0.6 is 0 Å². The summed E-state index contributed by atoms with van der Waals surface area (Å²) >= 11 is 0. The van der Waals surface area contributed by atoms with Gasteiger partial charge in [0.25, 0.3) is 0 Å². The number of carbonyl (C=O) groups is 1. The van der Waals surface area contributed by atoms with Crippen LogP contribution in [0.15, 0.2) is 12.4 Å². The lowest BCUT2D eigenvalue weighted by Gasteiger charge is -2.10. The number of carbonyl (C=O) groups excluding carboxylic acids is 1. The zero-order valence-corrected chi connectivity index (χ0v) is 8.32. The highest BCUT2D eigenvalue weighted by atomic mass is 16.5. The molecule has 1 aromatic heterocycles. The third-order valence-corrected chi connectivity index (χ3v) is 2.24. The number of ether oxygens (including phenoxy) is 1. The molecule has 0 aromatic carbocycles. The van der Waals surface area contributed by atoms with Crippen LogP contribution in [0.5, 0.6) is 0 Å². The summed E-state index contributed by atoms with van der Waals surface area (Å²) in [6, 6.07) is -0.0384. The van der Waals surface area contributed by atoms with E-state index in [0.29, 0.717) is 13.2 Å². The molecular formula is C9H14N4O2. The summed E-state index contributed by atoms with van der Waals surface area (Å²) in [5.41, 5.74) is 0. The van der Waals surface area contributed by atoms with Crippen molar-refractivity contribution in [1.82, 2.24) is 20.6 Å². The molecule has 0 bridgehead atoms. The van der Waals surface area contributed by atoms with E-state index >= 15 is 0 Å². The minimum Gasteiger partial charge on any atom is -0.379 e. The van der Waals surface area contributed by atoms with E-state index in [-0.39, 0.29) is 12.1 Å². The number of urea groups is 1. The minimum atomic E-state index is -0.179. The van der Waals surface area contributed by atoms with Crippen LogP contribution in [0.3, 0.4) is 0 Å². The van der Waals surface area contributed by atoms with Gasteiger partial charge >= 0.3 is 6.03 Å². The van der Waals surface area contributed by atoms with Gasteiger partial charge in [-0.2, -0.15) is 0 Å². The maximum absolute atomic E-state index is 11.4. The van der Waals surface area contributed by atoms with Crippen LogP contribution in [-0.4, -0.2) is 35.3 Å². The zero-order chi connectivity index (χ0) is 10.5. The molecule has 6 nitrogen and oxygen atoms in total. The third kappa shape index (κ3) is 2.95. The summed E-state index contributed by atoms with van der Waals surface area (Å²) < 4.78 is 5.15. The summed E-state index contributed by atoms with van der Waals surface area (Å²) in [5, 5.41) is 5.54. The van der Waals surface area contributed by atoms with Gasteiger partial charge < -0.3 is 20.4 Å². The lowest BCUT2D eigenvalue weighted by Crippen LogP contribution is -2.42. The molecule has 1 unspecified atom stereocenters. The lowest BCUT2D eigenvalue weighted by atomic mass is 10.3. The Morgan fingerprint density at radius 1 is 1.73 bits per heavy atom. The molecule has 15 heavy (non-hydrogen) atoms. The van der Waals surface area contributed by atoms with E-state index in [1.54, 1.807) is 12.4 Å². The van der Waals surface area contributed by atoms with Crippen molar-refractivity contribution in [1.29, 1.82) is 0 Å². The van der Waals surface area contributed by atoms with Gasteiger partial charge in [0.2, 0.25) is 0 Å². The van der Waals surface area contributed by atoms with Gasteiger partial charge in [-0.15, -0.1) is 0 Å². The van der Waals surface area contributed by atoms with Crippen LogP contribution < -0.4 is 10.6 Å². The average molecular weight is 210 g/mol. The standard InChI is InChI=1S/C9H14N4O2/c14-9(13-7-1-4-15-6-7)12-5-8-10-2-3-11-8/h2-3,7H,1,4-6H2,(H,10,11)(H2,12,13,14). The Morgan fingerprint density at radius 2 is 2.67 bits per heavy atom. The summed E-state index contributed by atoms with van der Waals surface area (Å²) in [7, 11) is 0. The summed E-state index contributed by atoms with van der Waals surface area (Å²) in [4.78, 5) is 18.3. The van der Waals surface area contributed by atoms with Crippen LogP contribution in [-0.2, 0) is 11.3 Å². The highest BCUT2D eigenvalue weighted by Gasteiger charge is 2.17. The van der Waals surface area contributed by atoms with Crippen molar-refractivity contribution >= 4 is 6.03 Å². The molecule has 0 saturated carbocycles. The first-order valence-corrected chi connectivity index (χ1v) is 4.95. The molecule has 0 radical (unpaired) electrons. The van der Waals surface area contributed by atoms with Crippen molar-refractivity contribution in [3.63, 3.8) is 0 Å². The van der Waals surface area contributed by atoms with E-state index < -0.39 is 0 Å². The number of H-pyrrole nitrogens is 1. The van der Waals surface area contributed by atoms with Crippen molar-refractivity contribution in [2.75, 3.05) is 13.2 Å². The molecule has 1 aliphatic rings. The normalized spacial score (nSPS) is 20.1. The second-order valence-corrected chi connectivity index (χ2v) is 3.42. The zero-order valence-electron chi connectivity index (χ0n) is 8.32. The molecule has 1 aromatic rings. The molecular weight excluding hydrogens is 196 g/mol. The molecule has 6 heteroatoms. The van der Waals surface area contributed by atoms with E-state index in [2.05, 4.69) is 20.6 Å². The van der Waals surface area contributed by atoms with Crippen LogP contribution in [0.4, 0.5) is 4.79 Å². The second kappa shape index (κ2) is 4.79. The largest absolute Gasteiger partial charge is 0.379 e. The number of hydrogen-bond donors (Lipinski definition) is 3.